The third kappa shape index (κ3) is 5.49. The van der Waals surface area contributed by atoms with Crippen LogP contribution in [0, 0.1) is 13.8 Å². The van der Waals surface area contributed by atoms with Crippen LogP contribution in [0.25, 0.3) is 0 Å². The van der Waals surface area contributed by atoms with Gasteiger partial charge in [0, 0.05) is 16.7 Å². The van der Waals surface area contributed by atoms with Crippen molar-refractivity contribution in [2.75, 3.05) is 0 Å². The molecule has 1 N–H and O–H groups in total. The Morgan fingerprint density at radius 1 is 0.914 bits per heavy atom. The Labute approximate surface area is 208 Å². The number of nitrogens with one attached hydrogen (secondary N) is 1. The van der Waals surface area contributed by atoms with Gasteiger partial charge in [-0.2, -0.15) is 0 Å². The zero-order chi connectivity index (χ0) is 26.3. The van der Waals surface area contributed by atoms with E-state index in [0.29, 0.717) is 22.9 Å². The van der Waals surface area contributed by atoms with Crippen LogP contribution < -0.4 is 10.9 Å². The molecule has 0 bridgehead atoms. The van der Waals surface area contributed by atoms with E-state index in [2.05, 4.69) is 5.43 Å². The number of aryl methyl sites for hydroxylation is 2. The van der Waals surface area contributed by atoms with Gasteiger partial charge in [-0.3, -0.25) is 19.8 Å². The molecule has 2 amide bonds. The van der Waals surface area contributed by atoms with Crippen molar-refractivity contribution >= 4 is 30.7 Å². The van der Waals surface area contributed by atoms with Crippen molar-refractivity contribution in [1.29, 1.82) is 0 Å². The Kier molecular flexibility index (Phi) is 7.03. The number of aldehydes is 1. The molecule has 8 heteroatoms. The standard InChI is InChI=1S/C27H35BN2O5/c1-17-12-18(2)14-21(13-17)24(33)30(25(3,4)5)29-23(32)19-10-11-20(16-31)22(15-19)28-34-26(6,7)27(8,9)35-28/h10-16H,1-9H3,(H,29,32). The highest BCUT2D eigenvalue weighted by Gasteiger charge is 2.52. The molecule has 0 aliphatic carbocycles. The average Bonchev–Trinajstić information content (AvgIpc) is 2.96. The summed E-state index contributed by atoms with van der Waals surface area (Å²) in [4.78, 5) is 38.5. The van der Waals surface area contributed by atoms with Gasteiger partial charge in [0.2, 0.25) is 0 Å². The second-order valence-electron chi connectivity index (χ2n) is 11.2. The third-order valence-electron chi connectivity index (χ3n) is 6.54. The second-order valence-corrected chi connectivity index (χ2v) is 11.2. The number of nitrogens with zero attached hydrogens (tertiary/aromatic N) is 1. The van der Waals surface area contributed by atoms with Gasteiger partial charge in [-0.05, 0) is 92.0 Å². The molecular weight excluding hydrogens is 443 g/mol. The molecule has 0 saturated carbocycles. The molecular formula is C27H35BN2O5. The maximum Gasteiger partial charge on any atom is 0.495 e. The Balaban J connectivity index is 1.93. The highest BCUT2D eigenvalue weighted by atomic mass is 16.7. The number of hydrogen-bond acceptors (Lipinski definition) is 5. The first kappa shape index (κ1) is 26.6. The van der Waals surface area contributed by atoms with Crippen molar-refractivity contribution in [3.63, 3.8) is 0 Å². The molecule has 2 aromatic carbocycles. The van der Waals surface area contributed by atoms with E-state index >= 15 is 0 Å². The van der Waals surface area contributed by atoms with Crippen molar-refractivity contribution in [3.8, 4) is 0 Å². The minimum Gasteiger partial charge on any atom is -0.399 e. The van der Waals surface area contributed by atoms with Gasteiger partial charge in [-0.15, -0.1) is 0 Å². The third-order valence-corrected chi connectivity index (χ3v) is 6.54. The van der Waals surface area contributed by atoms with E-state index in [9.17, 15) is 14.4 Å². The molecule has 35 heavy (non-hydrogen) atoms. The molecule has 3 rings (SSSR count). The minimum atomic E-state index is -0.802. The van der Waals surface area contributed by atoms with Crippen LogP contribution in [0.15, 0.2) is 36.4 Å². The van der Waals surface area contributed by atoms with Gasteiger partial charge >= 0.3 is 7.12 Å². The summed E-state index contributed by atoms with van der Waals surface area (Å²) in [6, 6.07) is 10.3. The Morgan fingerprint density at radius 2 is 1.46 bits per heavy atom. The summed E-state index contributed by atoms with van der Waals surface area (Å²) in [6.07, 6.45) is 0.715. The van der Waals surface area contributed by atoms with Crippen LogP contribution in [0.5, 0.6) is 0 Å². The van der Waals surface area contributed by atoms with Crippen molar-refractivity contribution in [2.45, 2.75) is 79.1 Å². The van der Waals surface area contributed by atoms with Crippen molar-refractivity contribution in [1.82, 2.24) is 10.4 Å². The lowest BCUT2D eigenvalue weighted by molar-refractivity contribution is 0.00578. The van der Waals surface area contributed by atoms with Gasteiger partial charge in [0.1, 0.15) is 6.29 Å². The maximum absolute atomic E-state index is 13.4. The smallest absolute Gasteiger partial charge is 0.399 e. The van der Waals surface area contributed by atoms with Crippen molar-refractivity contribution < 1.29 is 23.7 Å². The molecule has 1 aliphatic heterocycles. The predicted molar refractivity (Wildman–Crippen MR) is 137 cm³/mol. The molecule has 2 aromatic rings. The number of benzene rings is 2. The molecule has 0 spiro atoms. The number of carbonyl (C=O) groups is 3. The maximum atomic E-state index is 13.4. The predicted octanol–water partition coefficient (Wildman–Crippen LogP) is 4.00. The second kappa shape index (κ2) is 9.24. The first-order chi connectivity index (χ1) is 16.1. The summed E-state index contributed by atoms with van der Waals surface area (Å²) in [6.45, 7) is 17.1. The molecule has 186 valence electrons. The van der Waals surface area contributed by atoms with Crippen molar-refractivity contribution in [2.24, 2.45) is 0 Å². The SMILES string of the molecule is Cc1cc(C)cc(C(=O)N(NC(=O)c2ccc(C=O)c(B3OC(C)(C)C(C)(C)O3)c2)C(C)(C)C)c1. The normalized spacial score (nSPS) is 16.7. The van der Waals surface area contributed by atoms with Crippen LogP contribution in [0.1, 0.15) is 90.7 Å². The van der Waals surface area contributed by atoms with Gasteiger partial charge < -0.3 is 9.31 Å². The average molecular weight is 478 g/mol. The summed E-state index contributed by atoms with van der Waals surface area (Å²) in [5.41, 5.74) is 4.42. The fourth-order valence-electron chi connectivity index (χ4n) is 3.91. The monoisotopic (exact) mass is 478 g/mol. The van der Waals surface area contributed by atoms with E-state index in [0.717, 1.165) is 11.1 Å². The van der Waals surface area contributed by atoms with Crippen LogP contribution in [0.3, 0.4) is 0 Å². The van der Waals surface area contributed by atoms with E-state index in [1.54, 1.807) is 30.3 Å². The number of hydrogen-bond donors (Lipinski definition) is 1. The fourth-order valence-corrected chi connectivity index (χ4v) is 3.91. The zero-order valence-corrected chi connectivity index (χ0v) is 22.1. The lowest BCUT2D eigenvalue weighted by Gasteiger charge is -2.35. The van der Waals surface area contributed by atoms with E-state index in [-0.39, 0.29) is 11.5 Å². The van der Waals surface area contributed by atoms with Gasteiger partial charge in [0.25, 0.3) is 11.8 Å². The van der Waals surface area contributed by atoms with E-state index in [1.807, 2.05) is 68.4 Å². The minimum absolute atomic E-state index is 0.280. The van der Waals surface area contributed by atoms with Crippen LogP contribution in [0.2, 0.25) is 0 Å². The molecule has 0 aromatic heterocycles. The van der Waals surface area contributed by atoms with Gasteiger partial charge in [-0.25, -0.2) is 5.01 Å². The number of carbonyl (C=O) groups excluding carboxylic acids is 3. The number of hydrazine groups is 1. The zero-order valence-electron chi connectivity index (χ0n) is 22.1. The Hall–Kier alpha value is -2.97. The van der Waals surface area contributed by atoms with Gasteiger partial charge in [-0.1, -0.05) is 23.3 Å². The van der Waals surface area contributed by atoms with Gasteiger partial charge in [0.15, 0.2) is 0 Å². The summed E-state index contributed by atoms with van der Waals surface area (Å²) in [5.74, 6) is -0.791. The highest BCUT2D eigenvalue weighted by Crippen LogP contribution is 2.36. The van der Waals surface area contributed by atoms with E-state index in [4.69, 9.17) is 9.31 Å². The van der Waals surface area contributed by atoms with Crippen LogP contribution >= 0.6 is 0 Å². The lowest BCUT2D eigenvalue weighted by atomic mass is 9.75. The Morgan fingerprint density at radius 3 is 1.94 bits per heavy atom. The summed E-state index contributed by atoms with van der Waals surface area (Å²) < 4.78 is 12.2. The topological polar surface area (TPSA) is 84.9 Å². The van der Waals surface area contributed by atoms with Gasteiger partial charge in [0.05, 0.1) is 16.7 Å². The molecule has 0 atom stereocenters. The molecule has 1 fully saturated rings. The largest absolute Gasteiger partial charge is 0.495 e. The summed E-state index contributed by atoms with van der Waals surface area (Å²) >= 11 is 0. The molecule has 1 saturated heterocycles. The first-order valence-corrected chi connectivity index (χ1v) is 11.7. The van der Waals surface area contributed by atoms with Crippen LogP contribution in [-0.4, -0.2) is 47.0 Å². The van der Waals surface area contributed by atoms with Crippen LogP contribution in [-0.2, 0) is 9.31 Å². The van der Waals surface area contributed by atoms with E-state index < -0.39 is 29.8 Å². The molecule has 1 aliphatic rings. The molecule has 0 unspecified atom stereocenters. The highest BCUT2D eigenvalue weighted by molar-refractivity contribution is 6.63. The number of rotatable bonds is 4. The molecule has 1 heterocycles. The quantitative estimate of drug-likeness (QED) is 0.408. The molecule has 0 radical (unpaired) electrons. The summed E-state index contributed by atoms with van der Waals surface area (Å²) in [7, 11) is -0.802. The number of amides is 2. The fraction of sp³-hybridized carbons (Fsp3) is 0.444. The Bertz CT molecular complexity index is 1130. The van der Waals surface area contributed by atoms with Crippen molar-refractivity contribution in [3.05, 3.63) is 64.2 Å². The molecule has 7 nitrogen and oxygen atoms in total. The van der Waals surface area contributed by atoms with E-state index in [1.165, 1.54) is 5.01 Å². The summed E-state index contributed by atoms with van der Waals surface area (Å²) in [5, 5.41) is 1.34. The lowest BCUT2D eigenvalue weighted by Crippen LogP contribution is -2.56. The van der Waals surface area contributed by atoms with Crippen LogP contribution in [0.4, 0.5) is 0 Å². The first-order valence-electron chi connectivity index (χ1n) is 11.7.